The Bertz CT molecular complexity index is 512. The van der Waals surface area contributed by atoms with E-state index in [1.54, 1.807) is 18.4 Å². The Morgan fingerprint density at radius 3 is 2.45 bits per heavy atom. The van der Waals surface area contributed by atoms with Gasteiger partial charge in [-0.1, -0.05) is 0 Å². The van der Waals surface area contributed by atoms with Crippen LogP contribution in [0.4, 0.5) is 0 Å². The highest BCUT2D eigenvalue weighted by atomic mass is 16.5. The summed E-state index contributed by atoms with van der Waals surface area (Å²) in [6.45, 7) is 1.47. The fourth-order valence-electron chi connectivity index (χ4n) is 1.95. The Balaban J connectivity index is 1.92. The highest BCUT2D eigenvalue weighted by Gasteiger charge is 2.10. The van der Waals surface area contributed by atoms with Crippen LogP contribution in [0.15, 0.2) is 34.9 Å². The molecule has 0 atom stereocenters. The zero-order chi connectivity index (χ0) is 14.4. The van der Waals surface area contributed by atoms with Crippen LogP contribution in [0.1, 0.15) is 11.3 Å². The van der Waals surface area contributed by atoms with E-state index < -0.39 is 0 Å². The number of furan rings is 1. The summed E-state index contributed by atoms with van der Waals surface area (Å²) in [7, 11) is 3.03. The van der Waals surface area contributed by atoms with Crippen LogP contribution in [-0.2, 0) is 13.0 Å². The molecular formula is C15H19NO4. The minimum atomic E-state index is 0.0225. The standard InChI is InChI=1S/C15H19NO4/c1-18-13-8-11(9-14(19-2)15(13)17)10-16-6-5-12-4-3-7-20-12/h3-4,7-9,16-17H,5-6,10H2,1-2H3. The fourth-order valence-corrected chi connectivity index (χ4v) is 1.95. The van der Waals surface area contributed by atoms with Crippen LogP contribution in [0, 0.1) is 0 Å². The van der Waals surface area contributed by atoms with Crippen LogP contribution in [0.3, 0.4) is 0 Å². The average molecular weight is 277 g/mol. The van der Waals surface area contributed by atoms with Gasteiger partial charge in [-0.2, -0.15) is 0 Å². The Kier molecular flexibility index (Phi) is 4.90. The lowest BCUT2D eigenvalue weighted by Crippen LogP contribution is -2.16. The van der Waals surface area contributed by atoms with Gasteiger partial charge in [-0.3, -0.25) is 0 Å². The zero-order valence-corrected chi connectivity index (χ0v) is 11.7. The van der Waals surface area contributed by atoms with Crippen molar-refractivity contribution in [2.75, 3.05) is 20.8 Å². The molecule has 108 valence electrons. The summed E-state index contributed by atoms with van der Waals surface area (Å²) in [5.74, 6) is 1.80. The molecule has 5 heteroatoms. The maximum absolute atomic E-state index is 9.83. The third-order valence-corrected chi connectivity index (χ3v) is 3.00. The topological polar surface area (TPSA) is 63.9 Å². The largest absolute Gasteiger partial charge is 0.502 e. The Hall–Kier alpha value is -2.14. The number of nitrogens with one attached hydrogen (secondary N) is 1. The first-order chi connectivity index (χ1) is 9.74. The number of hydrogen-bond donors (Lipinski definition) is 2. The Morgan fingerprint density at radius 1 is 1.20 bits per heavy atom. The van der Waals surface area contributed by atoms with Gasteiger partial charge in [-0.25, -0.2) is 0 Å². The van der Waals surface area contributed by atoms with E-state index in [-0.39, 0.29) is 5.75 Å². The number of rotatable bonds is 7. The van der Waals surface area contributed by atoms with Crippen LogP contribution in [0.5, 0.6) is 17.2 Å². The number of methoxy groups -OCH3 is 2. The molecule has 2 rings (SSSR count). The van der Waals surface area contributed by atoms with Gasteiger partial charge < -0.3 is 24.3 Å². The van der Waals surface area contributed by atoms with E-state index in [0.29, 0.717) is 18.0 Å². The van der Waals surface area contributed by atoms with E-state index in [1.165, 1.54) is 14.2 Å². The Morgan fingerprint density at radius 2 is 1.90 bits per heavy atom. The molecule has 0 aliphatic carbocycles. The van der Waals surface area contributed by atoms with Crippen molar-refractivity contribution in [1.29, 1.82) is 0 Å². The maximum Gasteiger partial charge on any atom is 0.200 e. The predicted octanol–water partition coefficient (Wildman–Crippen LogP) is 2.33. The van der Waals surface area contributed by atoms with E-state index in [1.807, 2.05) is 12.1 Å². The molecule has 5 nitrogen and oxygen atoms in total. The fraction of sp³-hybridized carbons (Fsp3) is 0.333. The normalized spacial score (nSPS) is 10.5. The van der Waals surface area contributed by atoms with Crippen LogP contribution in [0.2, 0.25) is 0 Å². The summed E-state index contributed by atoms with van der Waals surface area (Å²) in [5, 5.41) is 13.1. The first kappa shape index (κ1) is 14.3. The number of ether oxygens (including phenoxy) is 2. The summed E-state index contributed by atoms with van der Waals surface area (Å²) in [6, 6.07) is 7.41. The van der Waals surface area contributed by atoms with E-state index >= 15 is 0 Å². The molecule has 0 saturated carbocycles. The highest BCUT2D eigenvalue weighted by Crippen LogP contribution is 2.36. The molecule has 0 spiro atoms. The molecule has 20 heavy (non-hydrogen) atoms. The number of phenolic OH excluding ortho intramolecular Hbond substituents is 1. The van der Waals surface area contributed by atoms with Gasteiger partial charge in [0.1, 0.15) is 5.76 Å². The molecule has 0 saturated heterocycles. The van der Waals surface area contributed by atoms with Gasteiger partial charge in [0, 0.05) is 19.5 Å². The molecule has 0 bridgehead atoms. The third-order valence-electron chi connectivity index (χ3n) is 3.00. The molecule has 0 radical (unpaired) electrons. The lowest BCUT2D eigenvalue weighted by Gasteiger charge is -2.11. The van der Waals surface area contributed by atoms with Crippen molar-refractivity contribution in [1.82, 2.24) is 5.32 Å². The summed E-state index contributed by atoms with van der Waals surface area (Å²) in [6.07, 6.45) is 2.50. The second-order valence-corrected chi connectivity index (χ2v) is 4.36. The van der Waals surface area contributed by atoms with E-state index in [0.717, 1.165) is 24.3 Å². The zero-order valence-electron chi connectivity index (χ0n) is 11.7. The molecule has 0 aliphatic heterocycles. The first-order valence-corrected chi connectivity index (χ1v) is 6.41. The molecule has 2 aromatic rings. The summed E-state index contributed by atoms with van der Waals surface area (Å²) < 4.78 is 15.5. The SMILES string of the molecule is COc1cc(CNCCc2ccco2)cc(OC)c1O. The molecule has 2 N–H and O–H groups in total. The number of benzene rings is 1. The maximum atomic E-state index is 9.83. The van der Waals surface area contributed by atoms with Crippen molar-refractivity contribution in [3.63, 3.8) is 0 Å². The number of hydrogen-bond acceptors (Lipinski definition) is 5. The first-order valence-electron chi connectivity index (χ1n) is 6.41. The van der Waals surface area contributed by atoms with Crippen molar-refractivity contribution in [2.45, 2.75) is 13.0 Å². The van der Waals surface area contributed by atoms with E-state index in [9.17, 15) is 5.11 Å². The van der Waals surface area contributed by atoms with Crippen molar-refractivity contribution in [2.24, 2.45) is 0 Å². The quantitative estimate of drug-likeness (QED) is 0.760. The smallest absolute Gasteiger partial charge is 0.200 e. The van der Waals surface area contributed by atoms with Gasteiger partial charge in [0.2, 0.25) is 5.75 Å². The molecule has 0 aliphatic rings. The summed E-state index contributed by atoms with van der Waals surface area (Å²) in [4.78, 5) is 0. The van der Waals surface area contributed by atoms with Crippen LogP contribution in [-0.4, -0.2) is 25.9 Å². The minimum Gasteiger partial charge on any atom is -0.502 e. The van der Waals surface area contributed by atoms with Crippen molar-refractivity contribution < 1.29 is 19.0 Å². The van der Waals surface area contributed by atoms with Gasteiger partial charge in [-0.05, 0) is 29.8 Å². The lowest BCUT2D eigenvalue weighted by molar-refractivity contribution is 0.339. The molecule has 1 heterocycles. The molecule has 1 aromatic heterocycles. The molecule has 0 amide bonds. The van der Waals surface area contributed by atoms with Gasteiger partial charge in [0.15, 0.2) is 11.5 Å². The molecule has 1 aromatic carbocycles. The second-order valence-electron chi connectivity index (χ2n) is 4.36. The summed E-state index contributed by atoms with van der Waals surface area (Å²) >= 11 is 0. The molecule has 0 unspecified atom stereocenters. The van der Waals surface area contributed by atoms with Crippen LogP contribution < -0.4 is 14.8 Å². The van der Waals surface area contributed by atoms with Crippen molar-refractivity contribution >= 4 is 0 Å². The van der Waals surface area contributed by atoms with Gasteiger partial charge in [0.25, 0.3) is 0 Å². The molecule has 0 fully saturated rings. The van der Waals surface area contributed by atoms with Gasteiger partial charge in [-0.15, -0.1) is 0 Å². The van der Waals surface area contributed by atoms with Gasteiger partial charge in [0.05, 0.1) is 20.5 Å². The highest BCUT2D eigenvalue weighted by molar-refractivity contribution is 5.52. The predicted molar refractivity (Wildman–Crippen MR) is 75.3 cm³/mol. The third kappa shape index (κ3) is 3.45. The van der Waals surface area contributed by atoms with Gasteiger partial charge >= 0.3 is 0 Å². The summed E-state index contributed by atoms with van der Waals surface area (Å²) in [5.41, 5.74) is 0.982. The molecular weight excluding hydrogens is 258 g/mol. The average Bonchev–Trinajstić information content (AvgIpc) is 2.98. The lowest BCUT2D eigenvalue weighted by atomic mass is 10.1. The van der Waals surface area contributed by atoms with E-state index in [4.69, 9.17) is 13.9 Å². The Labute approximate surface area is 118 Å². The van der Waals surface area contributed by atoms with Crippen molar-refractivity contribution in [3.8, 4) is 17.2 Å². The van der Waals surface area contributed by atoms with Crippen LogP contribution in [0.25, 0.3) is 0 Å². The van der Waals surface area contributed by atoms with E-state index in [2.05, 4.69) is 5.32 Å². The second kappa shape index (κ2) is 6.86. The van der Waals surface area contributed by atoms with Crippen LogP contribution >= 0.6 is 0 Å². The number of aromatic hydroxyl groups is 1. The minimum absolute atomic E-state index is 0.0225. The monoisotopic (exact) mass is 277 g/mol. The van der Waals surface area contributed by atoms with Crippen molar-refractivity contribution in [3.05, 3.63) is 41.9 Å². The number of phenols is 1.